The first-order valence-electron chi connectivity index (χ1n) is 5.89. The molecule has 0 bridgehead atoms. The zero-order chi connectivity index (χ0) is 12.0. The summed E-state index contributed by atoms with van der Waals surface area (Å²) in [5.74, 6) is 0. The molecule has 90 valence electrons. The molecule has 1 aromatic rings. The van der Waals surface area contributed by atoms with Crippen molar-refractivity contribution in [2.45, 2.75) is 33.3 Å². The molecule has 2 rings (SSSR count). The van der Waals surface area contributed by atoms with Crippen LogP contribution >= 0.6 is 0 Å². The lowest BCUT2D eigenvalue weighted by Crippen LogP contribution is -1.97. The van der Waals surface area contributed by atoms with E-state index < -0.39 is 0 Å². The van der Waals surface area contributed by atoms with Gasteiger partial charge in [0.2, 0.25) is 0 Å². The minimum absolute atomic E-state index is 0.634. The van der Waals surface area contributed by atoms with E-state index in [1.165, 1.54) is 6.42 Å². The van der Waals surface area contributed by atoms with Gasteiger partial charge in [0, 0.05) is 17.9 Å². The van der Waals surface area contributed by atoms with Gasteiger partial charge in [0.15, 0.2) is 0 Å². The Morgan fingerprint density at radius 1 is 1.44 bits per heavy atom. The van der Waals surface area contributed by atoms with Crippen LogP contribution in [-0.4, -0.2) is 19.3 Å². The molecule has 0 aromatic heterocycles. The van der Waals surface area contributed by atoms with Gasteiger partial charge in [-0.05, 0) is 44.0 Å². The molecule has 3 heteroatoms. The van der Waals surface area contributed by atoms with Crippen LogP contribution in [0.1, 0.15) is 25.8 Å². The number of hydrogen-bond acceptors (Lipinski definition) is 3. The molecule has 1 unspecified atom stereocenters. The zero-order valence-electron chi connectivity index (χ0n) is 10.4. The molecule has 0 radical (unpaired) electrons. The van der Waals surface area contributed by atoms with Gasteiger partial charge in [-0.3, -0.25) is 0 Å². The molecule has 3 N–H and O–H groups in total. The third kappa shape index (κ3) is 4.53. The third-order valence-corrected chi connectivity index (χ3v) is 2.51. The first kappa shape index (κ1) is 12.8. The summed E-state index contributed by atoms with van der Waals surface area (Å²) in [6, 6.07) is 5.97. The van der Waals surface area contributed by atoms with Crippen molar-refractivity contribution in [1.82, 2.24) is 0 Å². The largest absolute Gasteiger partial charge is 0.399 e. The molecule has 1 atom stereocenters. The van der Waals surface area contributed by atoms with Crippen molar-refractivity contribution >= 4 is 11.4 Å². The van der Waals surface area contributed by atoms with Crippen molar-refractivity contribution in [3.05, 3.63) is 23.8 Å². The fourth-order valence-electron chi connectivity index (χ4n) is 1.29. The fraction of sp³-hybridized carbons (Fsp3) is 0.538. The lowest BCUT2D eigenvalue weighted by atomic mass is 10.2. The first-order valence-corrected chi connectivity index (χ1v) is 5.89. The number of rotatable bonds is 3. The van der Waals surface area contributed by atoms with Gasteiger partial charge in [-0.15, -0.1) is 0 Å². The van der Waals surface area contributed by atoms with Crippen LogP contribution in [0.2, 0.25) is 0 Å². The van der Waals surface area contributed by atoms with Crippen LogP contribution in [0.25, 0.3) is 0 Å². The SMILES string of the molecule is CCC1CO1.CCNc1ccc(N)c(C)c1. The summed E-state index contributed by atoms with van der Waals surface area (Å²) < 4.78 is 4.86. The zero-order valence-corrected chi connectivity index (χ0v) is 10.4. The van der Waals surface area contributed by atoms with E-state index in [9.17, 15) is 0 Å². The smallest absolute Gasteiger partial charge is 0.0807 e. The number of ether oxygens (including phenoxy) is 1. The molecule has 0 saturated carbocycles. The summed E-state index contributed by atoms with van der Waals surface area (Å²) in [4.78, 5) is 0. The molecule has 0 spiro atoms. The second-order valence-corrected chi connectivity index (χ2v) is 3.97. The van der Waals surface area contributed by atoms with Gasteiger partial charge >= 0.3 is 0 Å². The third-order valence-electron chi connectivity index (χ3n) is 2.51. The van der Waals surface area contributed by atoms with Crippen molar-refractivity contribution in [2.75, 3.05) is 24.2 Å². The molecular weight excluding hydrogens is 200 g/mol. The predicted molar refractivity (Wildman–Crippen MR) is 69.8 cm³/mol. The summed E-state index contributed by atoms with van der Waals surface area (Å²) in [5.41, 5.74) is 8.78. The summed E-state index contributed by atoms with van der Waals surface area (Å²) in [6.07, 6.45) is 1.83. The Morgan fingerprint density at radius 3 is 2.50 bits per heavy atom. The first-order chi connectivity index (χ1) is 7.67. The second kappa shape index (κ2) is 6.38. The second-order valence-electron chi connectivity index (χ2n) is 3.97. The maximum atomic E-state index is 5.66. The molecule has 0 aliphatic carbocycles. The van der Waals surface area contributed by atoms with E-state index in [0.29, 0.717) is 6.10 Å². The van der Waals surface area contributed by atoms with Gasteiger partial charge in [-0.25, -0.2) is 0 Å². The number of benzene rings is 1. The summed E-state index contributed by atoms with van der Waals surface area (Å²) >= 11 is 0. The Hall–Kier alpha value is -1.22. The van der Waals surface area contributed by atoms with Crippen LogP contribution in [-0.2, 0) is 4.74 Å². The lowest BCUT2D eigenvalue weighted by molar-refractivity contribution is 0.403. The van der Waals surface area contributed by atoms with Crippen LogP contribution in [0.5, 0.6) is 0 Å². The monoisotopic (exact) mass is 222 g/mol. The summed E-state index contributed by atoms with van der Waals surface area (Å²) in [6.45, 7) is 8.18. The number of nitrogens with two attached hydrogens (primary N) is 1. The predicted octanol–water partition coefficient (Wildman–Crippen LogP) is 2.80. The number of aryl methyl sites for hydroxylation is 1. The van der Waals surface area contributed by atoms with Crippen LogP contribution in [0, 0.1) is 6.92 Å². The number of epoxide rings is 1. The highest BCUT2D eigenvalue weighted by molar-refractivity contribution is 5.56. The van der Waals surface area contributed by atoms with E-state index >= 15 is 0 Å². The van der Waals surface area contributed by atoms with E-state index in [1.807, 2.05) is 19.1 Å². The van der Waals surface area contributed by atoms with E-state index in [4.69, 9.17) is 10.5 Å². The Bertz CT molecular complexity index is 322. The van der Waals surface area contributed by atoms with Crippen LogP contribution in [0.15, 0.2) is 18.2 Å². The van der Waals surface area contributed by atoms with E-state index in [1.54, 1.807) is 0 Å². The van der Waals surface area contributed by atoms with Crippen LogP contribution in [0.4, 0.5) is 11.4 Å². The lowest BCUT2D eigenvalue weighted by Gasteiger charge is -2.05. The standard InChI is InChI=1S/C9H14N2.C4H8O/c1-3-11-8-4-5-9(10)7(2)6-8;1-2-4-3-5-4/h4-6,11H,3,10H2,1-2H3;4H,2-3H2,1H3. The van der Waals surface area contributed by atoms with Gasteiger partial charge < -0.3 is 15.8 Å². The minimum Gasteiger partial charge on any atom is -0.399 e. The van der Waals surface area contributed by atoms with Gasteiger partial charge in [0.05, 0.1) is 12.7 Å². The highest BCUT2D eigenvalue weighted by Crippen LogP contribution is 2.15. The van der Waals surface area contributed by atoms with E-state index in [0.717, 1.165) is 30.1 Å². The Balaban J connectivity index is 0.000000212. The molecule has 1 aliphatic heterocycles. The average molecular weight is 222 g/mol. The molecular formula is C13H22N2O. The molecule has 0 amide bonds. The van der Waals surface area contributed by atoms with Crippen molar-refractivity contribution in [2.24, 2.45) is 0 Å². The molecule has 1 heterocycles. The van der Waals surface area contributed by atoms with Gasteiger partial charge in [0.1, 0.15) is 0 Å². The normalized spacial score (nSPS) is 17.3. The minimum atomic E-state index is 0.634. The van der Waals surface area contributed by atoms with Crippen LogP contribution < -0.4 is 11.1 Å². The molecule has 3 nitrogen and oxygen atoms in total. The Kier molecular flexibility index (Phi) is 5.12. The Labute approximate surface area is 98.0 Å². The summed E-state index contributed by atoms with van der Waals surface area (Å²) in [5, 5.41) is 3.22. The maximum absolute atomic E-state index is 5.66. The number of nitrogen functional groups attached to an aromatic ring is 1. The average Bonchev–Trinajstić information content (AvgIpc) is 3.08. The fourth-order valence-corrected chi connectivity index (χ4v) is 1.29. The topological polar surface area (TPSA) is 50.6 Å². The highest BCUT2D eigenvalue weighted by atomic mass is 16.6. The van der Waals surface area contributed by atoms with E-state index in [-0.39, 0.29) is 0 Å². The summed E-state index contributed by atoms with van der Waals surface area (Å²) in [7, 11) is 0. The van der Waals surface area contributed by atoms with Crippen molar-refractivity contribution in [1.29, 1.82) is 0 Å². The van der Waals surface area contributed by atoms with Crippen molar-refractivity contribution in [3.8, 4) is 0 Å². The van der Waals surface area contributed by atoms with Crippen LogP contribution in [0.3, 0.4) is 0 Å². The molecule has 16 heavy (non-hydrogen) atoms. The molecule has 1 fully saturated rings. The number of hydrogen-bond donors (Lipinski definition) is 2. The molecule has 1 aliphatic rings. The van der Waals surface area contributed by atoms with Crippen molar-refractivity contribution in [3.63, 3.8) is 0 Å². The molecule has 1 saturated heterocycles. The van der Waals surface area contributed by atoms with E-state index in [2.05, 4.69) is 25.2 Å². The quantitative estimate of drug-likeness (QED) is 0.610. The van der Waals surface area contributed by atoms with Gasteiger partial charge in [-0.2, -0.15) is 0 Å². The number of nitrogens with one attached hydrogen (secondary N) is 1. The van der Waals surface area contributed by atoms with Gasteiger partial charge in [0.25, 0.3) is 0 Å². The molecule has 1 aromatic carbocycles. The Morgan fingerprint density at radius 2 is 2.12 bits per heavy atom. The highest BCUT2D eigenvalue weighted by Gasteiger charge is 2.18. The maximum Gasteiger partial charge on any atom is 0.0807 e. The van der Waals surface area contributed by atoms with Gasteiger partial charge in [-0.1, -0.05) is 6.92 Å². The number of anilines is 2. The van der Waals surface area contributed by atoms with Crippen molar-refractivity contribution < 1.29 is 4.74 Å².